The number of hydrogen-bond acceptors (Lipinski definition) is 4. The van der Waals surface area contributed by atoms with Crippen molar-refractivity contribution in [3.8, 4) is 0 Å². The highest BCUT2D eigenvalue weighted by Crippen LogP contribution is 2.71. The summed E-state index contributed by atoms with van der Waals surface area (Å²) in [7, 11) is 1.42. The molecule has 0 amide bonds. The fourth-order valence-corrected chi connectivity index (χ4v) is 7.16. The summed E-state index contributed by atoms with van der Waals surface area (Å²) < 4.78 is 10.4. The Kier molecular flexibility index (Phi) is 4.39. The monoisotopic (exact) mass is 362 g/mol. The lowest BCUT2D eigenvalue weighted by atomic mass is 9.65. The Bertz CT molecular complexity index is 597. The average molecular weight is 363 g/mol. The molecule has 0 aromatic rings. The molecule has 1 heterocycles. The molecule has 1 saturated heterocycles. The van der Waals surface area contributed by atoms with E-state index in [1.54, 1.807) is 0 Å². The van der Waals surface area contributed by atoms with E-state index >= 15 is 0 Å². The normalized spacial score (nSPS) is 44.7. The van der Waals surface area contributed by atoms with E-state index in [9.17, 15) is 9.59 Å². The van der Waals surface area contributed by atoms with Gasteiger partial charge in [0.15, 0.2) is 0 Å². The van der Waals surface area contributed by atoms with Crippen molar-refractivity contribution in [3.05, 3.63) is 0 Å². The second-order valence-electron chi connectivity index (χ2n) is 10.1. The molecular formula is C22H34O4. The van der Waals surface area contributed by atoms with Gasteiger partial charge in [0.05, 0.1) is 12.5 Å². The third-order valence-electron chi connectivity index (χ3n) is 8.59. The molecule has 4 nitrogen and oxygen atoms in total. The lowest BCUT2D eigenvalue weighted by Crippen LogP contribution is -2.44. The number of fused-ring (bicyclic) bond motifs is 10. The zero-order valence-corrected chi connectivity index (χ0v) is 16.8. The Labute approximate surface area is 157 Å². The van der Waals surface area contributed by atoms with Gasteiger partial charge in [0.25, 0.3) is 0 Å². The lowest BCUT2D eigenvalue weighted by molar-refractivity contribution is -0.157. The van der Waals surface area contributed by atoms with Gasteiger partial charge in [-0.05, 0) is 88.4 Å². The summed E-state index contributed by atoms with van der Waals surface area (Å²) in [5.41, 5.74) is -0.290. The van der Waals surface area contributed by atoms with Crippen LogP contribution in [0.3, 0.4) is 0 Å². The number of esters is 2. The summed E-state index contributed by atoms with van der Waals surface area (Å²) in [5, 5.41) is 0. The lowest BCUT2D eigenvalue weighted by Gasteiger charge is -2.43. The summed E-state index contributed by atoms with van der Waals surface area (Å²) in [6, 6.07) is 0. The van der Waals surface area contributed by atoms with E-state index in [-0.39, 0.29) is 23.0 Å². The van der Waals surface area contributed by atoms with Crippen LogP contribution in [0.25, 0.3) is 0 Å². The van der Waals surface area contributed by atoms with Gasteiger partial charge in [-0.3, -0.25) is 9.59 Å². The summed E-state index contributed by atoms with van der Waals surface area (Å²) in [5.74, 6) is 5.63. The minimum atomic E-state index is -0.311. The van der Waals surface area contributed by atoms with Crippen LogP contribution < -0.4 is 0 Å². The van der Waals surface area contributed by atoms with Crippen LogP contribution >= 0.6 is 0 Å². The minimum absolute atomic E-state index is 0.0212. The van der Waals surface area contributed by atoms with Gasteiger partial charge in [-0.2, -0.15) is 0 Å². The highest BCUT2D eigenvalue weighted by Gasteiger charge is 2.69. The molecule has 4 heteroatoms. The Balaban J connectivity index is 0.000000163. The zero-order valence-electron chi connectivity index (χ0n) is 16.8. The first-order chi connectivity index (χ1) is 12.3. The zero-order chi connectivity index (χ0) is 18.7. The Morgan fingerprint density at radius 2 is 1.88 bits per heavy atom. The molecule has 5 rings (SSSR count). The van der Waals surface area contributed by atoms with Gasteiger partial charge >= 0.3 is 11.9 Å². The van der Waals surface area contributed by atoms with Crippen LogP contribution in [0.1, 0.15) is 72.1 Å². The SMILES string of the molecule is CCC(C)(C)C(=O)OC.O=C1CCC2(CC3CC2C2C4CCC(C4)C32)O1. The fraction of sp³-hybridized carbons (Fsp3) is 0.909. The van der Waals surface area contributed by atoms with Crippen molar-refractivity contribution in [2.75, 3.05) is 7.11 Å². The Morgan fingerprint density at radius 3 is 2.42 bits per heavy atom. The van der Waals surface area contributed by atoms with Crippen molar-refractivity contribution >= 4 is 11.9 Å². The highest BCUT2D eigenvalue weighted by atomic mass is 16.6. The van der Waals surface area contributed by atoms with Gasteiger partial charge in [0, 0.05) is 12.3 Å². The van der Waals surface area contributed by atoms with Crippen molar-refractivity contribution in [1.29, 1.82) is 0 Å². The molecule has 1 spiro atoms. The van der Waals surface area contributed by atoms with Crippen LogP contribution in [0.5, 0.6) is 0 Å². The topological polar surface area (TPSA) is 52.6 Å². The Hall–Kier alpha value is -1.06. The summed E-state index contributed by atoms with van der Waals surface area (Å²) in [6.45, 7) is 5.72. The minimum Gasteiger partial charge on any atom is -0.469 e. The maximum absolute atomic E-state index is 11.5. The van der Waals surface area contributed by atoms with Gasteiger partial charge < -0.3 is 9.47 Å². The first kappa shape index (κ1) is 18.3. The Morgan fingerprint density at radius 1 is 1.19 bits per heavy atom. The number of carbonyl (C=O) groups is 2. The molecule has 0 radical (unpaired) electrons. The summed E-state index contributed by atoms with van der Waals surface area (Å²) in [6.07, 6.45) is 9.62. The van der Waals surface area contributed by atoms with Gasteiger partial charge in [0.2, 0.25) is 0 Å². The molecule has 7 atom stereocenters. The van der Waals surface area contributed by atoms with E-state index in [1.807, 2.05) is 20.8 Å². The smallest absolute Gasteiger partial charge is 0.311 e. The molecule has 1 aliphatic heterocycles. The molecule has 0 aromatic heterocycles. The third-order valence-corrected chi connectivity index (χ3v) is 8.59. The molecule has 146 valence electrons. The molecule has 4 saturated carbocycles. The van der Waals surface area contributed by atoms with Crippen molar-refractivity contribution in [2.45, 2.75) is 77.7 Å². The van der Waals surface area contributed by atoms with Gasteiger partial charge in [-0.15, -0.1) is 0 Å². The van der Waals surface area contributed by atoms with Crippen LogP contribution in [0.4, 0.5) is 0 Å². The van der Waals surface area contributed by atoms with E-state index in [0.29, 0.717) is 6.42 Å². The van der Waals surface area contributed by atoms with Crippen molar-refractivity contribution in [1.82, 2.24) is 0 Å². The first-order valence-corrected chi connectivity index (χ1v) is 10.6. The van der Waals surface area contributed by atoms with Crippen molar-refractivity contribution in [2.24, 2.45) is 40.9 Å². The molecule has 7 unspecified atom stereocenters. The average Bonchev–Trinajstić information content (AvgIpc) is 3.41. The second-order valence-corrected chi connectivity index (χ2v) is 10.1. The molecule has 26 heavy (non-hydrogen) atoms. The molecule has 5 fully saturated rings. The second kappa shape index (κ2) is 6.24. The van der Waals surface area contributed by atoms with Gasteiger partial charge in [-0.1, -0.05) is 6.92 Å². The van der Waals surface area contributed by atoms with Crippen LogP contribution in [-0.4, -0.2) is 24.6 Å². The first-order valence-electron chi connectivity index (χ1n) is 10.6. The maximum Gasteiger partial charge on any atom is 0.311 e. The molecule has 0 N–H and O–H groups in total. The fourth-order valence-electron chi connectivity index (χ4n) is 7.16. The van der Waals surface area contributed by atoms with Crippen molar-refractivity contribution in [3.63, 3.8) is 0 Å². The van der Waals surface area contributed by atoms with E-state index in [0.717, 1.165) is 48.3 Å². The van der Waals surface area contributed by atoms with E-state index in [1.165, 1.54) is 39.2 Å². The molecular weight excluding hydrogens is 328 g/mol. The summed E-state index contributed by atoms with van der Waals surface area (Å²) in [4.78, 5) is 22.4. The molecule has 5 aliphatic rings. The van der Waals surface area contributed by atoms with E-state index in [2.05, 4.69) is 4.74 Å². The summed E-state index contributed by atoms with van der Waals surface area (Å²) >= 11 is 0. The van der Waals surface area contributed by atoms with E-state index in [4.69, 9.17) is 4.74 Å². The van der Waals surface area contributed by atoms with Crippen LogP contribution in [-0.2, 0) is 19.1 Å². The van der Waals surface area contributed by atoms with Gasteiger partial charge in [0.1, 0.15) is 5.60 Å². The predicted octanol–water partition coefficient (Wildman–Crippen LogP) is 4.36. The van der Waals surface area contributed by atoms with E-state index < -0.39 is 0 Å². The number of ether oxygens (including phenoxy) is 2. The van der Waals surface area contributed by atoms with Crippen LogP contribution in [0, 0.1) is 40.9 Å². The molecule has 0 aromatic carbocycles. The maximum atomic E-state index is 11.5. The van der Waals surface area contributed by atoms with Crippen LogP contribution in [0.2, 0.25) is 0 Å². The molecule has 4 bridgehead atoms. The number of carbonyl (C=O) groups excluding carboxylic acids is 2. The predicted molar refractivity (Wildman–Crippen MR) is 98.2 cm³/mol. The number of rotatable bonds is 2. The standard InChI is InChI=1S/C15H20O2.C7H14O2/c16-12-3-4-15(17-12)7-10-6-11(15)14-9-2-1-8(5-9)13(10)14;1-5-7(2,3)6(8)9-4/h8-11,13-14H,1-7H2;5H2,1-4H3. The number of hydrogen-bond donors (Lipinski definition) is 0. The molecule has 4 aliphatic carbocycles. The number of methoxy groups -OCH3 is 1. The van der Waals surface area contributed by atoms with Crippen molar-refractivity contribution < 1.29 is 19.1 Å². The van der Waals surface area contributed by atoms with Gasteiger partial charge in [-0.25, -0.2) is 0 Å². The largest absolute Gasteiger partial charge is 0.469 e. The quantitative estimate of drug-likeness (QED) is 0.541. The highest BCUT2D eigenvalue weighted by molar-refractivity contribution is 5.75. The van der Waals surface area contributed by atoms with Crippen LogP contribution in [0.15, 0.2) is 0 Å². The third kappa shape index (κ3) is 2.62.